The van der Waals surface area contributed by atoms with Crippen LogP contribution in [0.5, 0.6) is 0 Å². The smallest absolute Gasteiger partial charge is 0.108 e. The molecule has 1 saturated heterocycles. The summed E-state index contributed by atoms with van der Waals surface area (Å²) >= 11 is 0. The molecule has 0 amide bonds. The van der Waals surface area contributed by atoms with Gasteiger partial charge >= 0.3 is 0 Å². The number of hydrogen-bond donors (Lipinski definition) is 2. The summed E-state index contributed by atoms with van der Waals surface area (Å²) in [6, 6.07) is 0. The van der Waals surface area contributed by atoms with Crippen molar-refractivity contribution in [3.8, 4) is 0 Å². The molecule has 1 aliphatic rings. The van der Waals surface area contributed by atoms with E-state index in [1.807, 2.05) is 6.92 Å². The first kappa shape index (κ1) is 22.0. The van der Waals surface area contributed by atoms with Gasteiger partial charge in [-0.2, -0.15) is 6.42 Å². The number of hydrogen-bond acceptors (Lipinski definition) is 3. The molecule has 0 bridgehead atoms. The van der Waals surface area contributed by atoms with Crippen molar-refractivity contribution in [2.24, 2.45) is 0 Å². The van der Waals surface area contributed by atoms with Gasteiger partial charge in [-0.25, -0.2) is 0 Å². The van der Waals surface area contributed by atoms with Crippen LogP contribution < -0.4 is 0 Å². The van der Waals surface area contributed by atoms with Gasteiger partial charge in [-0.15, -0.1) is 0 Å². The molecule has 2 radical (unpaired) electrons. The molecule has 0 saturated carbocycles. The van der Waals surface area contributed by atoms with E-state index in [-0.39, 0.29) is 98.7 Å². The van der Waals surface area contributed by atoms with Crippen LogP contribution in [0.2, 0.25) is 0 Å². The predicted octanol–water partition coefficient (Wildman–Crippen LogP) is 0.102. The topological polar surface area (TPSA) is 49.7 Å². The second-order valence-corrected chi connectivity index (χ2v) is 2.89. The van der Waals surface area contributed by atoms with E-state index >= 15 is 0 Å². The van der Waals surface area contributed by atoms with Crippen LogP contribution in [-0.4, -0.2) is 34.6 Å². The molecule has 3 nitrogen and oxygen atoms in total. The van der Waals surface area contributed by atoms with Gasteiger partial charge in [0.1, 0.15) is 12.2 Å². The summed E-state index contributed by atoms with van der Waals surface area (Å²) < 4.78 is 5.32. The van der Waals surface area contributed by atoms with Crippen molar-refractivity contribution in [1.82, 2.24) is 0 Å². The Kier molecular flexibility index (Phi) is 17.1. The molecule has 1 fully saturated rings. The Hall–Kier alpha value is 2.78. The van der Waals surface area contributed by atoms with Gasteiger partial charge in [0.15, 0.2) is 0 Å². The van der Waals surface area contributed by atoms with Crippen molar-refractivity contribution in [3.05, 3.63) is 6.92 Å². The molecule has 0 aliphatic carbocycles. The van der Waals surface area contributed by atoms with Gasteiger partial charge in [-0.05, 0) is 6.42 Å². The van der Waals surface area contributed by atoms with E-state index in [9.17, 15) is 10.2 Å². The summed E-state index contributed by atoms with van der Waals surface area (Å²) in [4.78, 5) is 0. The van der Waals surface area contributed by atoms with Gasteiger partial charge in [0.25, 0.3) is 0 Å². The van der Waals surface area contributed by atoms with Crippen LogP contribution >= 0.6 is 0 Å². The standard InChI is InChI=1S/C8H15O3.W.2Y/c1-3-5-7(9)8(10)6(4-2)11-5;;;/h5-10H,1,3-4H2,2H3;;;/q-1;;;/t5-,6+,7-,8+;;;/m0.../s1. The van der Waals surface area contributed by atoms with Gasteiger partial charge < -0.3 is 21.9 Å². The third kappa shape index (κ3) is 5.41. The Morgan fingerprint density at radius 3 is 1.79 bits per heavy atom. The van der Waals surface area contributed by atoms with Gasteiger partial charge in [0.05, 0.1) is 12.2 Å². The molecule has 1 heterocycles. The number of aliphatic hydroxyl groups is 2. The fourth-order valence-electron chi connectivity index (χ4n) is 1.40. The van der Waals surface area contributed by atoms with Gasteiger partial charge in [0.2, 0.25) is 0 Å². The van der Waals surface area contributed by atoms with E-state index in [4.69, 9.17) is 4.74 Å². The molecule has 0 aromatic heterocycles. The average molecular weight is 521 g/mol. The Labute approximate surface area is 150 Å². The maximum absolute atomic E-state index is 9.36. The van der Waals surface area contributed by atoms with Crippen molar-refractivity contribution in [2.75, 3.05) is 0 Å². The Balaban J connectivity index is -0.000000403. The summed E-state index contributed by atoms with van der Waals surface area (Å²) in [5.74, 6) is 0. The molecule has 6 heteroatoms. The molecule has 2 N–H and O–H groups in total. The average Bonchev–Trinajstić information content (AvgIpc) is 2.30. The molecular formula is C8H15O3WY2-. The van der Waals surface area contributed by atoms with E-state index in [0.29, 0.717) is 6.42 Å². The van der Waals surface area contributed by atoms with Crippen LogP contribution in [0.15, 0.2) is 0 Å². The summed E-state index contributed by atoms with van der Waals surface area (Å²) in [6.07, 6.45) is -0.736. The predicted molar refractivity (Wildman–Crippen MR) is 40.9 cm³/mol. The van der Waals surface area contributed by atoms with Crippen LogP contribution in [-0.2, 0) is 91.2 Å². The zero-order valence-electron chi connectivity index (χ0n) is 8.30. The van der Waals surface area contributed by atoms with E-state index in [0.717, 1.165) is 6.42 Å². The second kappa shape index (κ2) is 10.9. The summed E-state index contributed by atoms with van der Waals surface area (Å²) in [5.41, 5.74) is 0. The normalized spacial score (nSPS) is 35.1. The van der Waals surface area contributed by atoms with Crippen LogP contribution in [0.25, 0.3) is 0 Å². The summed E-state index contributed by atoms with van der Waals surface area (Å²) in [5, 5.41) is 18.7. The first-order valence-electron chi connectivity index (χ1n) is 4.01. The first-order chi connectivity index (χ1) is 5.20. The summed E-state index contributed by atoms with van der Waals surface area (Å²) in [6.45, 7) is 5.55. The number of rotatable bonds is 2. The molecule has 1 aliphatic heterocycles. The Morgan fingerprint density at radius 1 is 1.14 bits per heavy atom. The molecular weight excluding hydrogens is 506 g/mol. The second-order valence-electron chi connectivity index (χ2n) is 2.89. The fraction of sp³-hybridized carbons (Fsp3) is 0.875. The van der Waals surface area contributed by atoms with Crippen molar-refractivity contribution in [2.45, 2.75) is 44.2 Å². The van der Waals surface area contributed by atoms with Crippen LogP contribution in [0.4, 0.5) is 0 Å². The molecule has 14 heavy (non-hydrogen) atoms. The van der Waals surface area contributed by atoms with E-state index in [1.165, 1.54) is 0 Å². The van der Waals surface area contributed by atoms with Crippen molar-refractivity contribution < 1.29 is 101 Å². The molecule has 0 aromatic rings. The van der Waals surface area contributed by atoms with Crippen molar-refractivity contribution in [1.29, 1.82) is 0 Å². The molecule has 0 unspecified atom stereocenters. The Morgan fingerprint density at radius 2 is 1.57 bits per heavy atom. The van der Waals surface area contributed by atoms with Crippen LogP contribution in [0.1, 0.15) is 19.8 Å². The first-order valence-corrected chi connectivity index (χ1v) is 4.01. The third-order valence-electron chi connectivity index (χ3n) is 2.15. The minimum absolute atomic E-state index is 0. The third-order valence-corrected chi connectivity index (χ3v) is 2.15. The fourth-order valence-corrected chi connectivity index (χ4v) is 1.40. The zero-order valence-corrected chi connectivity index (χ0v) is 16.9. The molecule has 4 atom stereocenters. The van der Waals surface area contributed by atoms with Gasteiger partial charge in [0, 0.05) is 86.5 Å². The maximum atomic E-state index is 9.36. The van der Waals surface area contributed by atoms with Crippen molar-refractivity contribution >= 4 is 0 Å². The van der Waals surface area contributed by atoms with E-state index in [2.05, 4.69) is 6.92 Å². The van der Waals surface area contributed by atoms with Crippen molar-refractivity contribution in [3.63, 3.8) is 0 Å². The number of ether oxygens (including phenoxy) is 1. The Bertz CT molecular complexity index is 122. The summed E-state index contributed by atoms with van der Waals surface area (Å²) in [7, 11) is 0. The van der Waals surface area contributed by atoms with Gasteiger partial charge in [-0.1, -0.05) is 6.92 Å². The van der Waals surface area contributed by atoms with E-state index < -0.39 is 12.2 Å². The SMILES string of the molecule is [CH2-]C[C@@H]1O[C@H](CC)[C@@H](O)[C@H]1O.[W].[Y].[Y]. The monoisotopic (exact) mass is 521 g/mol. The minimum atomic E-state index is -0.752. The largest absolute Gasteiger partial charge is 0.388 e. The molecule has 0 aromatic carbocycles. The zero-order chi connectivity index (χ0) is 8.43. The molecule has 0 spiro atoms. The molecule has 78 valence electrons. The quantitative estimate of drug-likeness (QED) is 0.508. The minimum Gasteiger partial charge on any atom is -0.388 e. The van der Waals surface area contributed by atoms with Crippen LogP contribution in [0.3, 0.4) is 0 Å². The number of aliphatic hydroxyl groups excluding tert-OH is 2. The maximum Gasteiger partial charge on any atom is 0.108 e. The van der Waals surface area contributed by atoms with E-state index in [1.54, 1.807) is 0 Å². The molecule has 1 rings (SSSR count). The van der Waals surface area contributed by atoms with Crippen LogP contribution in [0, 0.1) is 6.92 Å². The van der Waals surface area contributed by atoms with Gasteiger partial charge in [-0.3, -0.25) is 0 Å².